The van der Waals surface area contributed by atoms with E-state index in [2.05, 4.69) is 0 Å². The first-order valence-electron chi connectivity index (χ1n) is 8.54. The molecule has 0 saturated carbocycles. The second-order valence-corrected chi connectivity index (χ2v) is 8.68. The molecule has 0 aliphatic carbocycles. The summed E-state index contributed by atoms with van der Waals surface area (Å²) in [6, 6.07) is 12.7. The smallest absolute Gasteiger partial charge is 0.270 e. The van der Waals surface area contributed by atoms with Gasteiger partial charge in [0.25, 0.3) is 5.91 Å². The zero-order valence-corrected chi connectivity index (χ0v) is 18.5. The van der Waals surface area contributed by atoms with Gasteiger partial charge < -0.3 is 9.15 Å². The molecule has 1 aromatic heterocycles. The fourth-order valence-electron chi connectivity index (χ4n) is 2.89. The molecule has 4 nitrogen and oxygen atoms in total. The van der Waals surface area contributed by atoms with Crippen molar-refractivity contribution in [2.24, 2.45) is 0 Å². The van der Waals surface area contributed by atoms with Crippen LogP contribution in [-0.4, -0.2) is 17.3 Å². The van der Waals surface area contributed by atoms with Crippen molar-refractivity contribution in [1.29, 1.82) is 0 Å². The fraction of sp³-hybridized carbons (Fsp3) is 0.0476. The molecule has 4 rings (SSSR count). The van der Waals surface area contributed by atoms with E-state index in [0.717, 1.165) is 11.8 Å². The number of carbonyl (C=O) groups excluding carboxylic acids is 1. The lowest BCUT2D eigenvalue weighted by Crippen LogP contribution is -2.27. The highest BCUT2D eigenvalue weighted by molar-refractivity contribution is 8.27. The van der Waals surface area contributed by atoms with Gasteiger partial charge in [0.05, 0.1) is 28.3 Å². The molecule has 30 heavy (non-hydrogen) atoms. The molecule has 0 radical (unpaired) electrons. The van der Waals surface area contributed by atoms with Gasteiger partial charge in [-0.1, -0.05) is 47.2 Å². The number of thiocarbonyl (C=S) groups is 1. The largest absolute Gasteiger partial charge is 0.496 e. The van der Waals surface area contributed by atoms with Gasteiger partial charge in [0.1, 0.15) is 23.1 Å². The Morgan fingerprint density at radius 3 is 2.70 bits per heavy atom. The van der Waals surface area contributed by atoms with Crippen LogP contribution >= 0.6 is 47.2 Å². The first-order chi connectivity index (χ1) is 14.4. The number of halogens is 3. The van der Waals surface area contributed by atoms with E-state index in [4.69, 9.17) is 44.6 Å². The second kappa shape index (κ2) is 8.43. The predicted octanol–water partition coefficient (Wildman–Crippen LogP) is 6.81. The second-order valence-electron chi connectivity index (χ2n) is 6.16. The van der Waals surface area contributed by atoms with E-state index in [1.165, 1.54) is 23.1 Å². The number of amides is 1. The molecule has 0 spiro atoms. The van der Waals surface area contributed by atoms with Gasteiger partial charge in [0, 0.05) is 11.1 Å². The Kier molecular flexibility index (Phi) is 5.88. The predicted molar refractivity (Wildman–Crippen MR) is 123 cm³/mol. The number of anilines is 1. The van der Waals surface area contributed by atoms with Gasteiger partial charge in [0.15, 0.2) is 4.32 Å². The minimum absolute atomic E-state index is 0.0864. The van der Waals surface area contributed by atoms with Crippen LogP contribution in [0.2, 0.25) is 10.0 Å². The average molecular weight is 480 g/mol. The number of hydrogen-bond acceptors (Lipinski definition) is 5. The van der Waals surface area contributed by atoms with Crippen molar-refractivity contribution in [3.63, 3.8) is 0 Å². The van der Waals surface area contributed by atoms with Crippen molar-refractivity contribution in [2.75, 3.05) is 12.0 Å². The van der Waals surface area contributed by atoms with Crippen LogP contribution in [0.4, 0.5) is 10.1 Å². The number of thioether (sulfide) groups is 1. The number of hydrogen-bond donors (Lipinski definition) is 0. The fourth-order valence-corrected chi connectivity index (χ4v) is 4.52. The number of carbonyl (C=O) groups is 1. The molecule has 1 saturated heterocycles. The number of methoxy groups -OCH3 is 1. The van der Waals surface area contributed by atoms with Crippen molar-refractivity contribution < 1.29 is 18.3 Å². The summed E-state index contributed by atoms with van der Waals surface area (Å²) >= 11 is 18.4. The normalized spacial score (nSPS) is 15.3. The third-order valence-electron chi connectivity index (χ3n) is 4.28. The topological polar surface area (TPSA) is 42.7 Å². The molecule has 152 valence electrons. The van der Waals surface area contributed by atoms with Crippen LogP contribution in [0.5, 0.6) is 5.75 Å². The minimum Gasteiger partial charge on any atom is -0.496 e. The highest BCUT2D eigenvalue weighted by Crippen LogP contribution is 2.38. The van der Waals surface area contributed by atoms with Crippen LogP contribution in [-0.2, 0) is 4.79 Å². The van der Waals surface area contributed by atoms with E-state index in [1.54, 1.807) is 43.5 Å². The number of rotatable bonds is 4. The molecular formula is C21H12Cl2FNO3S2. The lowest BCUT2D eigenvalue weighted by Gasteiger charge is -2.14. The van der Waals surface area contributed by atoms with Crippen molar-refractivity contribution in [1.82, 2.24) is 0 Å². The monoisotopic (exact) mass is 479 g/mol. The van der Waals surface area contributed by atoms with Crippen LogP contribution in [0.25, 0.3) is 17.4 Å². The quantitative estimate of drug-likeness (QED) is 0.303. The zero-order valence-electron chi connectivity index (χ0n) is 15.3. The molecule has 1 aliphatic rings. The molecule has 1 aliphatic heterocycles. The molecule has 2 heterocycles. The van der Waals surface area contributed by atoms with Gasteiger partial charge in [-0.15, -0.1) is 0 Å². The molecule has 9 heteroatoms. The van der Waals surface area contributed by atoms with E-state index in [9.17, 15) is 9.18 Å². The van der Waals surface area contributed by atoms with Crippen LogP contribution in [0, 0.1) is 5.82 Å². The molecule has 0 bridgehead atoms. The summed E-state index contributed by atoms with van der Waals surface area (Å²) in [4.78, 5) is 14.6. The first-order valence-corrected chi connectivity index (χ1v) is 10.5. The average Bonchev–Trinajstić information content (AvgIpc) is 3.29. The number of furan rings is 1. The van der Waals surface area contributed by atoms with Gasteiger partial charge in [-0.25, -0.2) is 4.39 Å². The lowest BCUT2D eigenvalue weighted by atomic mass is 10.1. The molecule has 1 amide bonds. The molecule has 0 unspecified atom stereocenters. The van der Waals surface area contributed by atoms with Crippen LogP contribution in [0.3, 0.4) is 0 Å². The minimum atomic E-state index is -0.569. The van der Waals surface area contributed by atoms with E-state index in [0.29, 0.717) is 42.8 Å². The Hall–Kier alpha value is -2.32. The maximum absolute atomic E-state index is 13.5. The number of nitrogens with zero attached hydrogens (tertiary/aromatic N) is 1. The first kappa shape index (κ1) is 20.9. The number of benzene rings is 2. The van der Waals surface area contributed by atoms with E-state index >= 15 is 0 Å². The maximum Gasteiger partial charge on any atom is 0.270 e. The summed E-state index contributed by atoms with van der Waals surface area (Å²) in [5, 5.41) is 0.458. The standard InChI is InChI=1S/C21H12Cl2FNO3S2/c1-27-17-6-2-11(22)8-14(17)18-7-4-13(28-18)10-19-20(26)25(21(29)30-19)12-3-5-16(24)15(23)9-12/h2-10H,1H3/b19-10+. The Balaban J connectivity index is 1.64. The highest BCUT2D eigenvalue weighted by Gasteiger charge is 2.34. The highest BCUT2D eigenvalue weighted by atomic mass is 35.5. The Morgan fingerprint density at radius 1 is 1.17 bits per heavy atom. The van der Waals surface area contributed by atoms with Crippen LogP contribution in [0.1, 0.15) is 5.76 Å². The molecule has 2 aromatic carbocycles. The van der Waals surface area contributed by atoms with Gasteiger partial charge in [-0.2, -0.15) is 0 Å². The Morgan fingerprint density at radius 2 is 1.97 bits per heavy atom. The van der Waals surface area contributed by atoms with Crippen LogP contribution in [0.15, 0.2) is 57.9 Å². The van der Waals surface area contributed by atoms with Crippen molar-refractivity contribution in [3.8, 4) is 17.1 Å². The summed E-state index contributed by atoms with van der Waals surface area (Å²) in [7, 11) is 1.56. The third kappa shape index (κ3) is 3.98. The SMILES string of the molecule is COc1ccc(Cl)cc1-c1ccc(/C=C2/SC(=S)N(c3ccc(F)c(Cl)c3)C2=O)o1. The third-order valence-corrected chi connectivity index (χ3v) is 6.11. The summed E-state index contributed by atoms with van der Waals surface area (Å²) in [6.45, 7) is 0. The zero-order chi connectivity index (χ0) is 21.4. The van der Waals surface area contributed by atoms with Gasteiger partial charge in [0.2, 0.25) is 0 Å². The van der Waals surface area contributed by atoms with Gasteiger partial charge in [-0.3, -0.25) is 9.69 Å². The van der Waals surface area contributed by atoms with Crippen molar-refractivity contribution in [2.45, 2.75) is 0 Å². The summed E-state index contributed by atoms with van der Waals surface area (Å²) in [5.74, 6) is 0.706. The van der Waals surface area contributed by atoms with E-state index in [1.807, 2.05) is 0 Å². The van der Waals surface area contributed by atoms with Gasteiger partial charge >= 0.3 is 0 Å². The molecule has 3 aromatic rings. The lowest BCUT2D eigenvalue weighted by molar-refractivity contribution is -0.113. The molecular weight excluding hydrogens is 468 g/mol. The summed E-state index contributed by atoms with van der Waals surface area (Å²) in [6.07, 6.45) is 1.60. The maximum atomic E-state index is 13.5. The Bertz CT molecular complexity index is 1210. The van der Waals surface area contributed by atoms with Gasteiger partial charge in [-0.05, 0) is 48.5 Å². The van der Waals surface area contributed by atoms with Crippen LogP contribution < -0.4 is 9.64 Å². The van der Waals surface area contributed by atoms with E-state index < -0.39 is 5.82 Å². The number of ether oxygens (including phenoxy) is 1. The van der Waals surface area contributed by atoms with E-state index in [-0.39, 0.29) is 10.9 Å². The Labute approximate surface area is 191 Å². The summed E-state index contributed by atoms with van der Waals surface area (Å²) < 4.78 is 25.0. The molecule has 0 N–H and O–H groups in total. The molecule has 0 atom stereocenters. The molecule has 1 fully saturated rings. The van der Waals surface area contributed by atoms with Crippen molar-refractivity contribution in [3.05, 3.63) is 75.1 Å². The van der Waals surface area contributed by atoms with Crippen molar-refractivity contribution >= 4 is 69.2 Å². The summed E-state index contributed by atoms with van der Waals surface area (Å²) in [5.41, 5.74) is 1.09.